The van der Waals surface area contributed by atoms with Crippen LogP contribution in [-0.4, -0.2) is 9.97 Å². The molecule has 0 aliphatic carbocycles. The normalized spacial score (nSPS) is 11.8. The van der Waals surface area contributed by atoms with Gasteiger partial charge >= 0.3 is 0 Å². The Balaban J connectivity index is 2.66. The minimum absolute atomic E-state index is 0.0889. The van der Waals surface area contributed by atoms with Crippen molar-refractivity contribution in [3.63, 3.8) is 0 Å². The quantitative estimate of drug-likeness (QED) is 0.773. The summed E-state index contributed by atoms with van der Waals surface area (Å²) in [5, 5.41) is 2.00. The fourth-order valence-electron chi connectivity index (χ4n) is 1.52. The van der Waals surface area contributed by atoms with Crippen molar-refractivity contribution in [1.82, 2.24) is 9.97 Å². The van der Waals surface area contributed by atoms with Crippen LogP contribution in [0.3, 0.4) is 0 Å². The number of nitrogens with zero attached hydrogens (tertiary/aromatic N) is 2. The van der Waals surface area contributed by atoms with Crippen LogP contribution in [0, 0.1) is 0 Å². The number of aromatic nitrogens is 2. The molecule has 0 aromatic carbocycles. The van der Waals surface area contributed by atoms with E-state index in [-0.39, 0.29) is 5.41 Å². The average Bonchev–Trinajstić information content (AvgIpc) is 2.66. The molecule has 0 amide bonds. The van der Waals surface area contributed by atoms with Crippen LogP contribution in [0.25, 0.3) is 10.7 Å². The van der Waals surface area contributed by atoms with Gasteiger partial charge in [-0.15, -0.1) is 11.3 Å². The molecule has 0 atom stereocenters. The zero-order chi connectivity index (χ0) is 13.5. The molecule has 2 aromatic rings. The summed E-state index contributed by atoms with van der Waals surface area (Å²) in [6.45, 7) is 6.31. The Bertz CT molecular complexity index is 587. The van der Waals surface area contributed by atoms with E-state index in [0.717, 1.165) is 19.5 Å². The van der Waals surface area contributed by atoms with Crippen LogP contribution < -0.4 is 5.73 Å². The van der Waals surface area contributed by atoms with E-state index in [1.807, 2.05) is 11.4 Å². The van der Waals surface area contributed by atoms with Gasteiger partial charge in [-0.2, -0.15) is 0 Å². The number of nitrogen functional groups attached to an aromatic ring is 1. The number of nitrogens with two attached hydrogens (primary N) is 1. The molecule has 0 spiro atoms. The first-order chi connectivity index (χ1) is 8.30. The maximum atomic E-state index is 5.97. The molecule has 96 valence electrons. The third kappa shape index (κ3) is 2.60. The summed E-state index contributed by atoms with van der Waals surface area (Å²) >= 11 is 8.57. The fourth-order valence-corrected chi connectivity index (χ4v) is 3.77. The van der Waals surface area contributed by atoms with Gasteiger partial charge < -0.3 is 5.73 Å². The van der Waals surface area contributed by atoms with Gasteiger partial charge in [-0.25, -0.2) is 9.97 Å². The van der Waals surface area contributed by atoms with E-state index >= 15 is 0 Å². The van der Waals surface area contributed by atoms with Gasteiger partial charge in [-0.1, -0.05) is 20.8 Å². The number of hydrogen-bond donors (Lipinski definition) is 1. The molecule has 0 aliphatic rings. The third-order valence-corrected chi connectivity index (χ3v) is 5.02. The summed E-state index contributed by atoms with van der Waals surface area (Å²) in [7, 11) is 0. The monoisotopic (exact) mass is 389 g/mol. The van der Waals surface area contributed by atoms with Crippen molar-refractivity contribution in [1.29, 1.82) is 0 Å². The molecule has 2 heterocycles. The largest absolute Gasteiger partial charge is 0.383 e. The summed E-state index contributed by atoms with van der Waals surface area (Å²) in [5.41, 5.74) is 6.80. The molecule has 2 N–H and O–H groups in total. The topological polar surface area (TPSA) is 51.8 Å². The van der Waals surface area contributed by atoms with E-state index in [0.29, 0.717) is 11.6 Å². The Morgan fingerprint density at radius 3 is 2.39 bits per heavy atom. The van der Waals surface area contributed by atoms with E-state index < -0.39 is 0 Å². The second-order valence-electron chi connectivity index (χ2n) is 4.94. The van der Waals surface area contributed by atoms with Crippen LogP contribution in [-0.2, 0) is 5.41 Å². The summed E-state index contributed by atoms with van der Waals surface area (Å²) in [6, 6.07) is 1.98. The lowest BCUT2D eigenvalue weighted by molar-refractivity contribution is 0.565. The highest BCUT2D eigenvalue weighted by Gasteiger charge is 2.23. The maximum Gasteiger partial charge on any atom is 0.173 e. The molecule has 0 aliphatic heterocycles. The lowest BCUT2D eigenvalue weighted by Crippen LogP contribution is -2.17. The summed E-state index contributed by atoms with van der Waals surface area (Å²) in [5.74, 6) is 1.15. The average molecular weight is 391 g/mol. The Morgan fingerprint density at radius 1 is 1.22 bits per heavy atom. The van der Waals surface area contributed by atoms with Gasteiger partial charge in [-0.3, -0.25) is 0 Å². The SMILES string of the molecule is CC(C)(C)c1nc(-c2sccc2Br)nc(N)c1Br. The van der Waals surface area contributed by atoms with Crippen molar-refractivity contribution in [2.45, 2.75) is 26.2 Å². The van der Waals surface area contributed by atoms with E-state index in [4.69, 9.17) is 5.73 Å². The number of anilines is 1. The van der Waals surface area contributed by atoms with Gasteiger partial charge in [-0.05, 0) is 43.3 Å². The van der Waals surface area contributed by atoms with Crippen LogP contribution in [0.15, 0.2) is 20.4 Å². The highest BCUT2D eigenvalue weighted by atomic mass is 79.9. The number of halogens is 2. The molecule has 0 saturated carbocycles. The summed E-state index contributed by atoms with van der Waals surface area (Å²) in [6.07, 6.45) is 0. The second-order valence-corrected chi connectivity index (χ2v) is 7.51. The third-order valence-electron chi connectivity index (χ3n) is 2.41. The lowest BCUT2D eigenvalue weighted by atomic mass is 9.92. The van der Waals surface area contributed by atoms with Gasteiger partial charge in [0.25, 0.3) is 0 Å². The molecule has 0 bridgehead atoms. The molecule has 0 unspecified atom stereocenters. The predicted octanol–water partition coefficient (Wildman–Crippen LogP) is 4.61. The first-order valence-electron chi connectivity index (χ1n) is 5.37. The molecule has 3 nitrogen and oxygen atoms in total. The molecular weight excluding hydrogens is 378 g/mol. The van der Waals surface area contributed by atoms with E-state index in [1.165, 1.54) is 0 Å². The van der Waals surface area contributed by atoms with Gasteiger partial charge in [0.05, 0.1) is 15.0 Å². The maximum absolute atomic E-state index is 5.97. The van der Waals surface area contributed by atoms with E-state index in [1.54, 1.807) is 11.3 Å². The zero-order valence-corrected chi connectivity index (χ0v) is 14.3. The number of rotatable bonds is 1. The smallest absolute Gasteiger partial charge is 0.173 e. The molecule has 2 aromatic heterocycles. The van der Waals surface area contributed by atoms with Crippen LogP contribution >= 0.6 is 43.2 Å². The molecule has 0 saturated heterocycles. The molecule has 0 radical (unpaired) electrons. The van der Waals surface area contributed by atoms with Gasteiger partial charge in [0, 0.05) is 9.89 Å². The standard InChI is InChI=1S/C12H13Br2N3S/c1-12(2,3)9-7(14)10(15)17-11(16-9)8-6(13)4-5-18-8/h4-5H,1-3H3,(H2,15,16,17). The predicted molar refractivity (Wildman–Crippen MR) is 83.9 cm³/mol. The highest BCUT2D eigenvalue weighted by Crippen LogP contribution is 2.36. The van der Waals surface area contributed by atoms with E-state index in [9.17, 15) is 0 Å². The van der Waals surface area contributed by atoms with Crippen LogP contribution in [0.4, 0.5) is 5.82 Å². The Morgan fingerprint density at radius 2 is 1.89 bits per heavy atom. The molecular formula is C12H13Br2N3S. The van der Waals surface area contributed by atoms with E-state index in [2.05, 4.69) is 62.6 Å². The molecule has 18 heavy (non-hydrogen) atoms. The van der Waals surface area contributed by atoms with Crippen molar-refractivity contribution in [2.75, 3.05) is 5.73 Å². The van der Waals surface area contributed by atoms with Crippen molar-refractivity contribution in [2.24, 2.45) is 0 Å². The Labute approximate surface area is 127 Å². The van der Waals surface area contributed by atoms with Gasteiger partial charge in [0.15, 0.2) is 5.82 Å². The first kappa shape index (κ1) is 14.0. The summed E-state index contributed by atoms with van der Waals surface area (Å²) in [4.78, 5) is 10.0. The minimum atomic E-state index is -0.0889. The van der Waals surface area contributed by atoms with Crippen molar-refractivity contribution >= 4 is 49.0 Å². The molecule has 2 rings (SSSR count). The van der Waals surface area contributed by atoms with Crippen LogP contribution in [0.2, 0.25) is 0 Å². The second kappa shape index (κ2) is 4.90. The Hall–Kier alpha value is -0.460. The Kier molecular flexibility index (Phi) is 3.80. The zero-order valence-electron chi connectivity index (χ0n) is 10.3. The molecule has 0 fully saturated rings. The minimum Gasteiger partial charge on any atom is -0.383 e. The fraction of sp³-hybridized carbons (Fsp3) is 0.333. The van der Waals surface area contributed by atoms with Crippen molar-refractivity contribution < 1.29 is 0 Å². The summed E-state index contributed by atoms with van der Waals surface area (Å²) < 4.78 is 1.78. The lowest BCUT2D eigenvalue weighted by Gasteiger charge is -2.20. The number of hydrogen-bond acceptors (Lipinski definition) is 4. The molecule has 6 heteroatoms. The first-order valence-corrected chi connectivity index (χ1v) is 7.84. The van der Waals surface area contributed by atoms with Gasteiger partial charge in [0.2, 0.25) is 0 Å². The number of thiophene rings is 1. The van der Waals surface area contributed by atoms with Crippen molar-refractivity contribution in [3.05, 3.63) is 26.1 Å². The van der Waals surface area contributed by atoms with Gasteiger partial charge in [0.1, 0.15) is 5.82 Å². The highest BCUT2D eigenvalue weighted by molar-refractivity contribution is 9.11. The van der Waals surface area contributed by atoms with Crippen molar-refractivity contribution in [3.8, 4) is 10.7 Å². The van der Waals surface area contributed by atoms with Crippen LogP contribution in [0.5, 0.6) is 0 Å². The van der Waals surface area contributed by atoms with Crippen LogP contribution in [0.1, 0.15) is 26.5 Å².